The Kier molecular flexibility index (Phi) is 5.31. The van der Waals surface area contributed by atoms with Crippen molar-refractivity contribution in [1.82, 2.24) is 30.0 Å². The number of nitrogens with zero attached hydrogens (tertiary/aromatic N) is 6. The van der Waals surface area contributed by atoms with Gasteiger partial charge in [0.25, 0.3) is 11.8 Å². The van der Waals surface area contributed by atoms with E-state index in [-0.39, 0.29) is 23.4 Å². The molecule has 3 heterocycles. The van der Waals surface area contributed by atoms with Crippen molar-refractivity contribution in [3.8, 4) is 11.6 Å². The second kappa shape index (κ2) is 7.90. The fourth-order valence-corrected chi connectivity index (χ4v) is 3.46. The topological polar surface area (TPSA) is 89.9 Å². The minimum Gasteiger partial charge on any atom is -0.338 e. The average molecular weight is 419 g/mol. The number of amides is 1. The molecule has 10 heteroatoms. The molecule has 0 unspecified atom stereocenters. The third kappa shape index (κ3) is 4.00. The maximum Gasteiger partial charge on any atom is 0.280 e. The molecule has 8 nitrogen and oxygen atoms in total. The SMILES string of the molecule is CC(C)c1noc(-c2cn(C3CCN(C(=O)c4cc(Cl)ccc4F)CC3)nn2)n1. The third-order valence-electron chi connectivity index (χ3n) is 4.97. The lowest BCUT2D eigenvalue weighted by atomic mass is 10.0. The van der Waals surface area contributed by atoms with Gasteiger partial charge in [0.2, 0.25) is 0 Å². The number of aromatic nitrogens is 5. The largest absolute Gasteiger partial charge is 0.338 e. The minimum absolute atomic E-state index is 0.00339. The molecule has 1 aromatic carbocycles. The van der Waals surface area contributed by atoms with Crippen LogP contribution in [-0.4, -0.2) is 49.0 Å². The Morgan fingerprint density at radius 1 is 1.31 bits per heavy atom. The highest BCUT2D eigenvalue weighted by Crippen LogP contribution is 2.26. The molecule has 29 heavy (non-hydrogen) atoms. The first-order valence-corrected chi connectivity index (χ1v) is 9.80. The standard InChI is InChI=1S/C19H20ClFN6O2/c1-11(2)17-22-18(29-24-17)16-10-27(25-23-16)13-5-7-26(8-6-13)19(28)14-9-12(20)3-4-15(14)21/h3-4,9-11,13H,5-8H2,1-2H3. The van der Waals surface area contributed by atoms with Crippen molar-refractivity contribution in [2.24, 2.45) is 0 Å². The van der Waals surface area contributed by atoms with E-state index in [0.717, 1.165) is 0 Å². The van der Waals surface area contributed by atoms with Crippen LogP contribution in [0.25, 0.3) is 11.6 Å². The Hall–Kier alpha value is -2.81. The number of halogens is 2. The summed E-state index contributed by atoms with van der Waals surface area (Å²) in [5, 5.41) is 12.6. The second-order valence-electron chi connectivity index (χ2n) is 7.34. The van der Waals surface area contributed by atoms with Gasteiger partial charge < -0.3 is 9.42 Å². The number of hydrogen-bond donors (Lipinski definition) is 0. The van der Waals surface area contributed by atoms with E-state index in [0.29, 0.717) is 48.4 Å². The van der Waals surface area contributed by atoms with E-state index in [1.165, 1.54) is 18.2 Å². The van der Waals surface area contributed by atoms with Crippen molar-refractivity contribution in [3.63, 3.8) is 0 Å². The molecule has 1 amide bonds. The van der Waals surface area contributed by atoms with Crippen molar-refractivity contribution in [2.45, 2.75) is 38.6 Å². The molecule has 0 atom stereocenters. The summed E-state index contributed by atoms with van der Waals surface area (Å²) >= 11 is 5.90. The van der Waals surface area contributed by atoms with E-state index in [1.807, 2.05) is 13.8 Å². The lowest BCUT2D eigenvalue weighted by Gasteiger charge is -2.32. The molecule has 0 radical (unpaired) electrons. The number of carbonyl (C=O) groups excluding carboxylic acids is 1. The molecule has 1 saturated heterocycles. The zero-order chi connectivity index (χ0) is 20.5. The van der Waals surface area contributed by atoms with Gasteiger partial charge >= 0.3 is 0 Å². The molecule has 0 saturated carbocycles. The third-order valence-corrected chi connectivity index (χ3v) is 5.21. The molecule has 1 aliphatic rings. The van der Waals surface area contributed by atoms with Gasteiger partial charge in [-0.05, 0) is 31.0 Å². The summed E-state index contributed by atoms with van der Waals surface area (Å²) in [6.45, 7) is 4.94. The summed E-state index contributed by atoms with van der Waals surface area (Å²) < 4.78 is 21.0. The van der Waals surface area contributed by atoms with E-state index in [4.69, 9.17) is 16.1 Å². The Labute approximate surface area is 171 Å². The van der Waals surface area contributed by atoms with Gasteiger partial charge in [-0.15, -0.1) is 5.10 Å². The summed E-state index contributed by atoms with van der Waals surface area (Å²) in [5.41, 5.74) is 0.514. The van der Waals surface area contributed by atoms with Gasteiger partial charge in [0.05, 0.1) is 17.8 Å². The maximum absolute atomic E-state index is 14.0. The molecular weight excluding hydrogens is 399 g/mol. The molecule has 4 rings (SSSR count). The Morgan fingerprint density at radius 2 is 2.07 bits per heavy atom. The minimum atomic E-state index is -0.567. The predicted octanol–water partition coefficient (Wildman–Crippen LogP) is 3.72. The van der Waals surface area contributed by atoms with E-state index in [2.05, 4.69) is 20.5 Å². The molecule has 3 aromatic rings. The van der Waals surface area contributed by atoms with Gasteiger partial charge in [0.1, 0.15) is 5.82 Å². The second-order valence-corrected chi connectivity index (χ2v) is 7.78. The first kappa shape index (κ1) is 19.5. The molecule has 0 N–H and O–H groups in total. The Balaban J connectivity index is 1.41. The van der Waals surface area contributed by atoms with Gasteiger partial charge in [0.15, 0.2) is 11.5 Å². The van der Waals surface area contributed by atoms with Crippen molar-refractivity contribution < 1.29 is 13.7 Å². The molecular formula is C19H20ClFN6O2. The summed E-state index contributed by atoms with van der Waals surface area (Å²) in [4.78, 5) is 18.6. The van der Waals surface area contributed by atoms with Gasteiger partial charge in [-0.25, -0.2) is 9.07 Å². The van der Waals surface area contributed by atoms with Crippen molar-refractivity contribution in [2.75, 3.05) is 13.1 Å². The zero-order valence-electron chi connectivity index (χ0n) is 16.0. The fraction of sp³-hybridized carbons (Fsp3) is 0.421. The Morgan fingerprint density at radius 3 is 2.76 bits per heavy atom. The normalized spacial score (nSPS) is 15.3. The smallest absolute Gasteiger partial charge is 0.280 e. The number of benzene rings is 1. The first-order chi connectivity index (χ1) is 13.9. The summed E-state index contributed by atoms with van der Waals surface area (Å²) in [6.07, 6.45) is 3.13. The molecule has 2 aromatic heterocycles. The summed E-state index contributed by atoms with van der Waals surface area (Å²) in [7, 11) is 0. The van der Waals surface area contributed by atoms with Crippen molar-refractivity contribution in [1.29, 1.82) is 0 Å². The van der Waals surface area contributed by atoms with Crippen LogP contribution in [0, 0.1) is 5.82 Å². The van der Waals surface area contributed by atoms with Gasteiger partial charge in [-0.1, -0.05) is 35.8 Å². The van der Waals surface area contributed by atoms with E-state index in [9.17, 15) is 9.18 Å². The van der Waals surface area contributed by atoms with Gasteiger partial charge in [0, 0.05) is 24.0 Å². The van der Waals surface area contributed by atoms with Crippen LogP contribution in [0.15, 0.2) is 28.9 Å². The molecule has 0 spiro atoms. The monoisotopic (exact) mass is 418 g/mol. The number of likely N-dealkylation sites (tertiary alicyclic amines) is 1. The van der Waals surface area contributed by atoms with Crippen LogP contribution in [0.3, 0.4) is 0 Å². The van der Waals surface area contributed by atoms with Crippen LogP contribution in [0.4, 0.5) is 4.39 Å². The van der Waals surface area contributed by atoms with Gasteiger partial charge in [-0.2, -0.15) is 4.98 Å². The molecule has 1 aliphatic heterocycles. The number of carbonyl (C=O) groups is 1. The Bertz CT molecular complexity index is 1030. The summed E-state index contributed by atoms with van der Waals surface area (Å²) in [6, 6.07) is 4.08. The van der Waals surface area contributed by atoms with Crippen LogP contribution < -0.4 is 0 Å². The fourth-order valence-electron chi connectivity index (χ4n) is 3.29. The van der Waals surface area contributed by atoms with Crippen LogP contribution in [0.1, 0.15) is 54.8 Å². The van der Waals surface area contributed by atoms with Crippen molar-refractivity contribution in [3.05, 3.63) is 46.6 Å². The number of piperidine rings is 1. The number of hydrogen-bond acceptors (Lipinski definition) is 6. The number of rotatable bonds is 4. The van der Waals surface area contributed by atoms with Crippen LogP contribution in [0.5, 0.6) is 0 Å². The summed E-state index contributed by atoms with van der Waals surface area (Å²) in [5.74, 6) is 0.199. The zero-order valence-corrected chi connectivity index (χ0v) is 16.8. The highest BCUT2D eigenvalue weighted by molar-refractivity contribution is 6.31. The quantitative estimate of drug-likeness (QED) is 0.641. The molecule has 1 fully saturated rings. The van der Waals surface area contributed by atoms with Gasteiger partial charge in [-0.3, -0.25) is 4.79 Å². The molecule has 0 bridgehead atoms. The van der Waals surface area contributed by atoms with E-state index < -0.39 is 5.82 Å². The highest BCUT2D eigenvalue weighted by atomic mass is 35.5. The van der Waals surface area contributed by atoms with Crippen LogP contribution >= 0.6 is 11.6 Å². The van der Waals surface area contributed by atoms with Crippen LogP contribution in [0.2, 0.25) is 5.02 Å². The lowest BCUT2D eigenvalue weighted by molar-refractivity contribution is 0.0684. The molecule has 0 aliphatic carbocycles. The average Bonchev–Trinajstić information content (AvgIpc) is 3.39. The molecule has 152 valence electrons. The van der Waals surface area contributed by atoms with Crippen molar-refractivity contribution >= 4 is 17.5 Å². The maximum atomic E-state index is 14.0. The lowest BCUT2D eigenvalue weighted by Crippen LogP contribution is -2.39. The van der Waals surface area contributed by atoms with E-state index >= 15 is 0 Å². The highest BCUT2D eigenvalue weighted by Gasteiger charge is 2.27. The predicted molar refractivity (Wildman–Crippen MR) is 103 cm³/mol. The van der Waals surface area contributed by atoms with Crippen LogP contribution in [-0.2, 0) is 0 Å². The first-order valence-electron chi connectivity index (χ1n) is 9.42. The van der Waals surface area contributed by atoms with E-state index in [1.54, 1.807) is 15.8 Å².